The van der Waals surface area contributed by atoms with Crippen LogP contribution in [0.5, 0.6) is 0 Å². The zero-order chi connectivity index (χ0) is 13.1. The minimum Gasteiger partial charge on any atom is -0.312 e. The maximum Gasteiger partial charge on any atom is 0.0461 e. The molecule has 4 unspecified atom stereocenters. The van der Waals surface area contributed by atoms with Crippen molar-refractivity contribution in [2.24, 2.45) is 0 Å². The van der Waals surface area contributed by atoms with Crippen LogP contribution in [0.25, 0.3) is 0 Å². The Bertz CT molecular complexity index is 380. The summed E-state index contributed by atoms with van der Waals surface area (Å²) in [5, 5.41) is 5.59. The van der Waals surface area contributed by atoms with Crippen LogP contribution >= 0.6 is 23.5 Å². The van der Waals surface area contributed by atoms with Crippen molar-refractivity contribution in [2.75, 3.05) is 12.8 Å². The smallest absolute Gasteiger partial charge is 0.0461 e. The molecule has 2 heterocycles. The average molecular weight is 282 g/mol. The lowest BCUT2D eigenvalue weighted by Crippen LogP contribution is -2.35. The van der Waals surface area contributed by atoms with E-state index >= 15 is 0 Å². The topological polar surface area (TPSA) is 24.9 Å². The van der Waals surface area contributed by atoms with E-state index in [0.717, 1.165) is 16.2 Å². The van der Waals surface area contributed by atoms with E-state index in [0.29, 0.717) is 11.3 Å². The Morgan fingerprint density at radius 1 is 1.33 bits per heavy atom. The summed E-state index contributed by atoms with van der Waals surface area (Å²) < 4.78 is 0. The first kappa shape index (κ1) is 14.2. The summed E-state index contributed by atoms with van der Waals surface area (Å²) in [5.41, 5.74) is 2.39. The second-order valence-corrected chi connectivity index (χ2v) is 7.95. The second-order valence-electron chi connectivity index (χ2n) is 4.92. The molecule has 0 amide bonds. The summed E-state index contributed by atoms with van der Waals surface area (Å²) >= 11 is 4.21. The molecule has 1 N–H and O–H groups in total. The first-order chi connectivity index (χ1) is 8.61. The fourth-order valence-electron chi connectivity index (χ4n) is 2.21. The molecule has 18 heavy (non-hydrogen) atoms. The van der Waals surface area contributed by atoms with Gasteiger partial charge in [-0.15, -0.1) is 0 Å². The van der Waals surface area contributed by atoms with Gasteiger partial charge in [-0.3, -0.25) is 4.98 Å². The van der Waals surface area contributed by atoms with Gasteiger partial charge in [0.1, 0.15) is 0 Å². The molecule has 2 nitrogen and oxygen atoms in total. The van der Waals surface area contributed by atoms with Crippen LogP contribution in [0.3, 0.4) is 0 Å². The molecular formula is C14H22N2S2. The molecule has 0 bridgehead atoms. The fraction of sp³-hybridized carbons (Fsp3) is 0.643. The molecule has 1 aromatic heterocycles. The summed E-state index contributed by atoms with van der Waals surface area (Å²) in [4.78, 5) is 4.42. The SMILES string of the molecule is CNC(c1ccc(C)nc1)C1CSC(C)C(C)S1. The van der Waals surface area contributed by atoms with E-state index in [4.69, 9.17) is 0 Å². The number of hydrogen-bond donors (Lipinski definition) is 1. The van der Waals surface area contributed by atoms with Gasteiger partial charge in [0.2, 0.25) is 0 Å². The first-order valence-electron chi connectivity index (χ1n) is 6.48. The number of thioether (sulfide) groups is 2. The van der Waals surface area contributed by atoms with E-state index in [9.17, 15) is 0 Å². The molecular weight excluding hydrogens is 260 g/mol. The highest BCUT2D eigenvalue weighted by Crippen LogP contribution is 2.40. The van der Waals surface area contributed by atoms with Crippen molar-refractivity contribution in [3.8, 4) is 0 Å². The molecule has 1 aliphatic rings. The van der Waals surface area contributed by atoms with E-state index in [1.165, 1.54) is 11.3 Å². The molecule has 1 aliphatic heterocycles. The zero-order valence-corrected chi connectivity index (χ0v) is 13.1. The largest absolute Gasteiger partial charge is 0.312 e. The van der Waals surface area contributed by atoms with Gasteiger partial charge in [-0.25, -0.2) is 0 Å². The highest BCUT2D eigenvalue weighted by atomic mass is 32.2. The molecule has 2 rings (SSSR count). The van der Waals surface area contributed by atoms with Crippen LogP contribution in [0.1, 0.15) is 31.1 Å². The van der Waals surface area contributed by atoms with Crippen molar-refractivity contribution in [1.29, 1.82) is 0 Å². The van der Waals surface area contributed by atoms with Crippen molar-refractivity contribution < 1.29 is 0 Å². The van der Waals surface area contributed by atoms with Crippen LogP contribution < -0.4 is 5.32 Å². The Hall–Kier alpha value is -0.190. The summed E-state index contributed by atoms with van der Waals surface area (Å²) in [6.45, 7) is 6.71. The van der Waals surface area contributed by atoms with Gasteiger partial charge in [-0.05, 0) is 25.6 Å². The Morgan fingerprint density at radius 3 is 2.67 bits per heavy atom. The maximum absolute atomic E-state index is 4.42. The van der Waals surface area contributed by atoms with Crippen molar-refractivity contribution in [3.63, 3.8) is 0 Å². The minimum absolute atomic E-state index is 0.408. The molecule has 0 saturated carbocycles. The van der Waals surface area contributed by atoms with Crippen LogP contribution in [0, 0.1) is 6.92 Å². The number of aromatic nitrogens is 1. The third-order valence-electron chi connectivity index (χ3n) is 3.55. The van der Waals surface area contributed by atoms with E-state index in [-0.39, 0.29) is 0 Å². The predicted molar refractivity (Wildman–Crippen MR) is 83.5 cm³/mol. The number of hydrogen-bond acceptors (Lipinski definition) is 4. The second kappa shape index (κ2) is 6.31. The van der Waals surface area contributed by atoms with Gasteiger partial charge in [0.25, 0.3) is 0 Å². The molecule has 1 aromatic rings. The number of nitrogens with zero attached hydrogens (tertiary/aromatic N) is 1. The molecule has 0 aliphatic carbocycles. The van der Waals surface area contributed by atoms with Crippen LogP contribution in [0.2, 0.25) is 0 Å². The number of aryl methyl sites for hydroxylation is 1. The van der Waals surface area contributed by atoms with Crippen LogP contribution in [0.4, 0.5) is 0 Å². The zero-order valence-electron chi connectivity index (χ0n) is 11.5. The summed E-state index contributed by atoms with van der Waals surface area (Å²) in [5.74, 6) is 1.22. The van der Waals surface area contributed by atoms with Crippen molar-refractivity contribution in [2.45, 2.75) is 42.6 Å². The van der Waals surface area contributed by atoms with Gasteiger partial charge >= 0.3 is 0 Å². The maximum atomic E-state index is 4.42. The summed E-state index contributed by atoms with van der Waals surface area (Å²) in [7, 11) is 2.05. The first-order valence-corrected chi connectivity index (χ1v) is 8.48. The molecule has 0 radical (unpaired) electrons. The quantitative estimate of drug-likeness (QED) is 0.920. The Morgan fingerprint density at radius 2 is 2.11 bits per heavy atom. The minimum atomic E-state index is 0.408. The van der Waals surface area contributed by atoms with Gasteiger partial charge in [-0.2, -0.15) is 23.5 Å². The van der Waals surface area contributed by atoms with Crippen LogP contribution in [-0.4, -0.2) is 33.5 Å². The van der Waals surface area contributed by atoms with E-state index in [2.05, 4.69) is 66.9 Å². The molecule has 1 saturated heterocycles. The Balaban J connectivity index is 2.11. The third kappa shape index (κ3) is 3.22. The van der Waals surface area contributed by atoms with Gasteiger partial charge in [0.05, 0.1) is 0 Å². The molecule has 4 heteroatoms. The van der Waals surface area contributed by atoms with Gasteiger partial charge < -0.3 is 5.32 Å². The monoisotopic (exact) mass is 282 g/mol. The standard InChI is InChI=1S/C14H22N2S2/c1-9-5-6-12(7-16-9)14(15-4)13-8-17-10(2)11(3)18-13/h5-7,10-11,13-15H,8H2,1-4H3. The van der Waals surface area contributed by atoms with E-state index < -0.39 is 0 Å². The Kier molecular flexibility index (Phi) is 4.98. The molecule has 0 aromatic carbocycles. The van der Waals surface area contributed by atoms with E-state index in [1.807, 2.05) is 13.1 Å². The van der Waals surface area contributed by atoms with E-state index in [1.54, 1.807) is 0 Å². The van der Waals surface area contributed by atoms with Crippen molar-refractivity contribution in [3.05, 3.63) is 29.6 Å². The molecule has 100 valence electrons. The molecule has 0 spiro atoms. The Labute approximate surface area is 119 Å². The number of nitrogens with one attached hydrogen (secondary N) is 1. The summed E-state index contributed by atoms with van der Waals surface area (Å²) in [6, 6.07) is 4.72. The normalized spacial score (nSPS) is 30.1. The summed E-state index contributed by atoms with van der Waals surface area (Å²) in [6.07, 6.45) is 2.02. The molecule has 1 fully saturated rings. The van der Waals surface area contributed by atoms with Gasteiger partial charge in [-0.1, -0.05) is 19.9 Å². The lowest BCUT2D eigenvalue weighted by molar-refractivity contribution is 0.586. The highest BCUT2D eigenvalue weighted by molar-refractivity contribution is 8.07. The lowest BCUT2D eigenvalue weighted by atomic mass is 10.1. The van der Waals surface area contributed by atoms with Crippen molar-refractivity contribution in [1.82, 2.24) is 10.3 Å². The fourth-order valence-corrected chi connectivity index (χ4v) is 5.37. The number of rotatable bonds is 3. The van der Waals surface area contributed by atoms with Crippen molar-refractivity contribution >= 4 is 23.5 Å². The lowest BCUT2D eigenvalue weighted by Gasteiger charge is -2.35. The van der Waals surface area contributed by atoms with Crippen LogP contribution in [-0.2, 0) is 0 Å². The molecule has 4 atom stereocenters. The van der Waals surface area contributed by atoms with Gasteiger partial charge in [0.15, 0.2) is 0 Å². The van der Waals surface area contributed by atoms with Gasteiger partial charge in [0, 0.05) is 39.4 Å². The predicted octanol–water partition coefficient (Wildman–Crippen LogP) is 3.28. The number of pyridine rings is 1. The van der Waals surface area contributed by atoms with Crippen LogP contribution in [0.15, 0.2) is 18.3 Å². The third-order valence-corrected chi connectivity index (χ3v) is 7.04. The average Bonchev–Trinajstić information content (AvgIpc) is 2.37. The highest BCUT2D eigenvalue weighted by Gasteiger charge is 2.31.